The van der Waals surface area contributed by atoms with Crippen LogP contribution in [0.15, 0.2) is 30.3 Å². The fourth-order valence-electron chi connectivity index (χ4n) is 3.63. The van der Waals surface area contributed by atoms with E-state index in [2.05, 4.69) is 35.2 Å². The van der Waals surface area contributed by atoms with Gasteiger partial charge in [0, 0.05) is 19.1 Å². The number of likely N-dealkylation sites (tertiary alicyclic amines) is 1. The standard InChI is InChI=1S/C15H22N2/c16-14-7-4-8-15(14)9-10-17(12-15)11-13-5-2-1-3-6-13/h1-3,5-6,14H,4,7-12,16H2/t14-,15-/m1/s1. The Morgan fingerprint density at radius 1 is 1.24 bits per heavy atom. The van der Waals surface area contributed by atoms with Gasteiger partial charge in [-0.3, -0.25) is 4.90 Å². The zero-order valence-electron chi connectivity index (χ0n) is 10.4. The van der Waals surface area contributed by atoms with Gasteiger partial charge in [-0.05, 0) is 36.8 Å². The van der Waals surface area contributed by atoms with Gasteiger partial charge in [-0.25, -0.2) is 0 Å². The van der Waals surface area contributed by atoms with Crippen LogP contribution in [-0.4, -0.2) is 24.0 Å². The van der Waals surface area contributed by atoms with Gasteiger partial charge in [0.1, 0.15) is 0 Å². The Hall–Kier alpha value is -0.860. The third-order valence-electron chi connectivity index (χ3n) is 4.69. The van der Waals surface area contributed by atoms with Gasteiger partial charge in [0.2, 0.25) is 0 Å². The molecule has 2 atom stereocenters. The summed E-state index contributed by atoms with van der Waals surface area (Å²) in [5.41, 5.74) is 8.18. The van der Waals surface area contributed by atoms with Crippen molar-refractivity contribution in [2.45, 2.75) is 38.3 Å². The van der Waals surface area contributed by atoms with Crippen molar-refractivity contribution < 1.29 is 0 Å². The number of nitrogens with two attached hydrogens (primary N) is 1. The SMILES string of the molecule is N[C@@H]1CCC[C@]12CCN(Cc1ccccc1)C2. The molecule has 0 radical (unpaired) electrons. The van der Waals surface area contributed by atoms with E-state index in [1.807, 2.05) is 0 Å². The minimum absolute atomic E-state index is 0.447. The molecule has 2 nitrogen and oxygen atoms in total. The summed E-state index contributed by atoms with van der Waals surface area (Å²) in [6, 6.07) is 11.2. The highest BCUT2D eigenvalue weighted by Gasteiger charge is 2.45. The Labute approximate surface area is 104 Å². The van der Waals surface area contributed by atoms with Crippen LogP contribution in [0.3, 0.4) is 0 Å². The zero-order chi connectivity index (χ0) is 11.7. The lowest BCUT2D eigenvalue weighted by Crippen LogP contribution is -2.39. The largest absolute Gasteiger partial charge is 0.327 e. The van der Waals surface area contributed by atoms with Gasteiger partial charge < -0.3 is 5.73 Å². The van der Waals surface area contributed by atoms with Crippen molar-refractivity contribution in [1.82, 2.24) is 4.90 Å². The van der Waals surface area contributed by atoms with Gasteiger partial charge in [-0.15, -0.1) is 0 Å². The number of hydrogen-bond acceptors (Lipinski definition) is 2. The lowest BCUT2D eigenvalue weighted by Gasteiger charge is -2.28. The minimum Gasteiger partial charge on any atom is -0.327 e. The van der Waals surface area contributed by atoms with E-state index in [4.69, 9.17) is 5.73 Å². The molecule has 1 heterocycles. The van der Waals surface area contributed by atoms with E-state index < -0.39 is 0 Å². The first-order valence-electron chi connectivity index (χ1n) is 6.80. The molecule has 1 aromatic rings. The lowest BCUT2D eigenvalue weighted by molar-refractivity contribution is 0.234. The van der Waals surface area contributed by atoms with Crippen molar-refractivity contribution >= 4 is 0 Å². The fraction of sp³-hybridized carbons (Fsp3) is 0.600. The van der Waals surface area contributed by atoms with Gasteiger partial charge >= 0.3 is 0 Å². The molecule has 1 aliphatic heterocycles. The van der Waals surface area contributed by atoms with Crippen LogP contribution in [0, 0.1) is 5.41 Å². The Bertz CT molecular complexity index is 376. The second-order valence-electron chi connectivity index (χ2n) is 5.81. The monoisotopic (exact) mass is 230 g/mol. The van der Waals surface area contributed by atoms with E-state index in [0.717, 1.165) is 6.54 Å². The summed E-state index contributed by atoms with van der Waals surface area (Å²) < 4.78 is 0. The first-order valence-corrected chi connectivity index (χ1v) is 6.80. The van der Waals surface area contributed by atoms with Crippen molar-refractivity contribution in [2.75, 3.05) is 13.1 Å². The Balaban J connectivity index is 1.65. The highest BCUT2D eigenvalue weighted by atomic mass is 15.2. The van der Waals surface area contributed by atoms with E-state index in [1.54, 1.807) is 0 Å². The van der Waals surface area contributed by atoms with Gasteiger partial charge in [0.05, 0.1) is 0 Å². The van der Waals surface area contributed by atoms with Crippen molar-refractivity contribution in [2.24, 2.45) is 11.1 Å². The van der Waals surface area contributed by atoms with Crippen LogP contribution < -0.4 is 5.73 Å². The molecular formula is C15H22N2. The van der Waals surface area contributed by atoms with Crippen LogP contribution >= 0.6 is 0 Å². The van der Waals surface area contributed by atoms with Crippen LogP contribution in [-0.2, 0) is 6.54 Å². The molecule has 0 bridgehead atoms. The molecule has 0 amide bonds. The molecule has 2 N–H and O–H groups in total. The van der Waals surface area contributed by atoms with Crippen molar-refractivity contribution in [1.29, 1.82) is 0 Å². The zero-order valence-corrected chi connectivity index (χ0v) is 10.4. The summed E-state index contributed by atoms with van der Waals surface area (Å²) >= 11 is 0. The second kappa shape index (κ2) is 4.43. The van der Waals surface area contributed by atoms with Crippen LogP contribution in [0.4, 0.5) is 0 Å². The topological polar surface area (TPSA) is 29.3 Å². The summed E-state index contributed by atoms with van der Waals surface area (Å²) in [6.07, 6.45) is 5.22. The van der Waals surface area contributed by atoms with Gasteiger partial charge in [0.25, 0.3) is 0 Å². The van der Waals surface area contributed by atoms with Crippen molar-refractivity contribution in [3.63, 3.8) is 0 Å². The van der Waals surface area contributed by atoms with E-state index in [9.17, 15) is 0 Å². The molecule has 0 aromatic heterocycles. The quantitative estimate of drug-likeness (QED) is 0.845. The molecule has 2 aliphatic rings. The predicted molar refractivity (Wildman–Crippen MR) is 70.6 cm³/mol. The average Bonchev–Trinajstić information content (AvgIpc) is 2.90. The molecule has 17 heavy (non-hydrogen) atoms. The molecule has 1 aliphatic carbocycles. The maximum absolute atomic E-state index is 6.30. The van der Waals surface area contributed by atoms with E-state index >= 15 is 0 Å². The van der Waals surface area contributed by atoms with Gasteiger partial charge in [-0.2, -0.15) is 0 Å². The number of hydrogen-bond donors (Lipinski definition) is 1. The number of benzene rings is 1. The van der Waals surface area contributed by atoms with Crippen LogP contribution in [0.1, 0.15) is 31.2 Å². The molecule has 3 rings (SSSR count). The number of rotatable bonds is 2. The van der Waals surface area contributed by atoms with Gasteiger partial charge in [-0.1, -0.05) is 36.8 Å². The van der Waals surface area contributed by atoms with Crippen LogP contribution in [0.2, 0.25) is 0 Å². The molecule has 1 aromatic carbocycles. The fourth-order valence-corrected chi connectivity index (χ4v) is 3.63. The Morgan fingerprint density at radius 3 is 2.76 bits per heavy atom. The Kier molecular flexibility index (Phi) is 2.93. The molecule has 1 saturated carbocycles. The first-order chi connectivity index (χ1) is 8.28. The van der Waals surface area contributed by atoms with E-state index in [-0.39, 0.29) is 0 Å². The molecule has 2 heteroatoms. The summed E-state index contributed by atoms with van der Waals surface area (Å²) in [4.78, 5) is 2.58. The summed E-state index contributed by atoms with van der Waals surface area (Å²) in [5, 5.41) is 0. The normalized spacial score (nSPS) is 33.6. The van der Waals surface area contributed by atoms with Crippen molar-refractivity contribution in [3.8, 4) is 0 Å². The molecule has 1 spiro atoms. The maximum Gasteiger partial charge on any atom is 0.0233 e. The summed E-state index contributed by atoms with van der Waals surface area (Å²) in [6.45, 7) is 3.53. The summed E-state index contributed by atoms with van der Waals surface area (Å²) in [5.74, 6) is 0. The number of nitrogens with zero attached hydrogens (tertiary/aromatic N) is 1. The van der Waals surface area contributed by atoms with Gasteiger partial charge in [0.15, 0.2) is 0 Å². The average molecular weight is 230 g/mol. The predicted octanol–water partition coefficient (Wildman–Crippen LogP) is 2.39. The first kappa shape index (κ1) is 11.2. The third kappa shape index (κ3) is 2.12. The van der Waals surface area contributed by atoms with Crippen LogP contribution in [0.25, 0.3) is 0 Å². The molecule has 1 saturated heterocycles. The summed E-state index contributed by atoms with van der Waals surface area (Å²) in [7, 11) is 0. The minimum atomic E-state index is 0.447. The molecule has 92 valence electrons. The highest BCUT2D eigenvalue weighted by Crippen LogP contribution is 2.44. The lowest BCUT2D eigenvalue weighted by atomic mass is 9.82. The smallest absolute Gasteiger partial charge is 0.0233 e. The van der Waals surface area contributed by atoms with Crippen LogP contribution in [0.5, 0.6) is 0 Å². The highest BCUT2D eigenvalue weighted by molar-refractivity contribution is 5.15. The third-order valence-corrected chi connectivity index (χ3v) is 4.69. The molecule has 2 fully saturated rings. The second-order valence-corrected chi connectivity index (χ2v) is 5.81. The Morgan fingerprint density at radius 2 is 2.06 bits per heavy atom. The molecular weight excluding hydrogens is 208 g/mol. The maximum atomic E-state index is 6.30. The van der Waals surface area contributed by atoms with Crippen molar-refractivity contribution in [3.05, 3.63) is 35.9 Å². The molecule has 0 unspecified atom stereocenters. The van der Waals surface area contributed by atoms with E-state index in [1.165, 1.54) is 44.3 Å². The van der Waals surface area contributed by atoms with E-state index in [0.29, 0.717) is 11.5 Å².